The third-order valence-corrected chi connectivity index (χ3v) is 5.44. The number of halogens is 3. The lowest BCUT2D eigenvalue weighted by Crippen LogP contribution is -2.21. The van der Waals surface area contributed by atoms with Gasteiger partial charge in [-0.15, -0.1) is 11.8 Å². The molecule has 2 unspecified atom stereocenters. The molecule has 0 heterocycles. The number of hydrogen-bond acceptors (Lipinski definition) is 3. The first-order chi connectivity index (χ1) is 10.9. The van der Waals surface area contributed by atoms with E-state index in [9.17, 15) is 14.0 Å². The fraction of sp³-hybridized carbons (Fsp3) is 0.235. The van der Waals surface area contributed by atoms with Crippen molar-refractivity contribution in [3.63, 3.8) is 0 Å². The fourth-order valence-corrected chi connectivity index (χ4v) is 3.53. The quantitative estimate of drug-likeness (QED) is 0.781. The highest BCUT2D eigenvalue weighted by atomic mass is 79.9. The van der Waals surface area contributed by atoms with Gasteiger partial charge in [-0.25, -0.2) is 8.78 Å². The molecule has 0 saturated heterocycles. The molecule has 0 radical (unpaired) electrons. The summed E-state index contributed by atoms with van der Waals surface area (Å²) in [7, 11) is 0. The van der Waals surface area contributed by atoms with E-state index >= 15 is 0 Å². The molecule has 2 rings (SSSR count). The van der Waals surface area contributed by atoms with Crippen LogP contribution in [0, 0.1) is 23.0 Å². The van der Waals surface area contributed by atoms with Gasteiger partial charge in [0.25, 0.3) is 0 Å². The lowest BCUT2D eigenvalue weighted by Gasteiger charge is -2.24. The van der Waals surface area contributed by atoms with Gasteiger partial charge in [-0.1, -0.05) is 28.1 Å². The van der Waals surface area contributed by atoms with Gasteiger partial charge in [-0.3, -0.25) is 0 Å². The van der Waals surface area contributed by atoms with Crippen molar-refractivity contribution in [2.45, 2.75) is 17.7 Å². The van der Waals surface area contributed by atoms with E-state index in [1.165, 1.54) is 30.0 Å². The topological polar surface area (TPSA) is 49.8 Å². The zero-order valence-electron chi connectivity index (χ0n) is 12.4. The molecule has 0 aliphatic rings. The SMILES string of the molecule is CC(C#N)(SCC(N)c1cc(Br)ccc1F)c1ccc(F)cc1. The van der Waals surface area contributed by atoms with Crippen LogP contribution in [0.25, 0.3) is 0 Å². The highest BCUT2D eigenvalue weighted by molar-refractivity contribution is 9.10. The summed E-state index contributed by atoms with van der Waals surface area (Å²) in [6.07, 6.45) is 0. The molecule has 0 aliphatic heterocycles. The Morgan fingerprint density at radius 3 is 2.52 bits per heavy atom. The first-order valence-corrected chi connectivity index (χ1v) is 8.65. The number of thioether (sulfide) groups is 1. The molecule has 0 amide bonds. The average molecular weight is 397 g/mol. The normalized spacial score (nSPS) is 14.8. The minimum absolute atomic E-state index is 0.355. The lowest BCUT2D eigenvalue weighted by molar-refractivity contribution is 0.594. The Hall–Kier alpha value is -1.42. The van der Waals surface area contributed by atoms with Crippen LogP contribution in [0.2, 0.25) is 0 Å². The summed E-state index contributed by atoms with van der Waals surface area (Å²) < 4.78 is 26.8. The molecular weight excluding hydrogens is 382 g/mol. The largest absolute Gasteiger partial charge is 0.323 e. The Morgan fingerprint density at radius 2 is 1.91 bits per heavy atom. The van der Waals surface area contributed by atoms with Gasteiger partial charge in [0.1, 0.15) is 16.4 Å². The van der Waals surface area contributed by atoms with Crippen LogP contribution >= 0.6 is 27.7 Å². The van der Waals surface area contributed by atoms with Gasteiger partial charge in [0, 0.05) is 21.8 Å². The summed E-state index contributed by atoms with van der Waals surface area (Å²) in [6.45, 7) is 1.74. The Kier molecular flexibility index (Phi) is 5.79. The zero-order chi connectivity index (χ0) is 17.0. The maximum Gasteiger partial charge on any atom is 0.128 e. The van der Waals surface area contributed by atoms with E-state index in [1.54, 1.807) is 31.2 Å². The summed E-state index contributed by atoms with van der Waals surface area (Å²) in [5.41, 5.74) is 7.16. The summed E-state index contributed by atoms with van der Waals surface area (Å²) in [5.74, 6) is -0.372. The van der Waals surface area contributed by atoms with Crippen LogP contribution in [0.15, 0.2) is 46.9 Å². The van der Waals surface area contributed by atoms with Gasteiger partial charge >= 0.3 is 0 Å². The van der Waals surface area contributed by atoms with E-state index in [2.05, 4.69) is 22.0 Å². The molecule has 2 N–H and O–H groups in total. The van der Waals surface area contributed by atoms with Gasteiger partial charge in [-0.05, 0) is 42.8 Å². The Morgan fingerprint density at radius 1 is 1.26 bits per heavy atom. The van der Waals surface area contributed by atoms with Gasteiger partial charge < -0.3 is 5.73 Å². The van der Waals surface area contributed by atoms with E-state index in [0.717, 1.165) is 4.47 Å². The van der Waals surface area contributed by atoms with Crippen LogP contribution in [0.1, 0.15) is 24.1 Å². The second-order valence-electron chi connectivity index (χ2n) is 5.24. The van der Waals surface area contributed by atoms with E-state index < -0.39 is 10.8 Å². The Labute approximate surface area is 146 Å². The molecule has 6 heteroatoms. The molecular formula is C17H15BrF2N2S. The minimum Gasteiger partial charge on any atom is -0.323 e. The predicted octanol–water partition coefficient (Wildman–Crippen LogP) is 4.90. The highest BCUT2D eigenvalue weighted by Gasteiger charge is 2.28. The number of hydrogen-bond donors (Lipinski definition) is 1. The highest BCUT2D eigenvalue weighted by Crippen LogP contribution is 2.37. The molecule has 0 saturated carbocycles. The average Bonchev–Trinajstić information content (AvgIpc) is 2.55. The van der Waals surface area contributed by atoms with Crippen LogP contribution in [0.4, 0.5) is 8.78 Å². The Balaban J connectivity index is 2.15. The molecule has 2 atom stereocenters. The second-order valence-corrected chi connectivity index (χ2v) is 7.59. The smallest absolute Gasteiger partial charge is 0.128 e. The lowest BCUT2D eigenvalue weighted by atomic mass is 10.0. The molecule has 23 heavy (non-hydrogen) atoms. The fourth-order valence-electron chi connectivity index (χ4n) is 2.09. The number of nitrogens with two attached hydrogens (primary N) is 1. The summed E-state index contributed by atoms with van der Waals surface area (Å²) >= 11 is 4.61. The van der Waals surface area contributed by atoms with Crippen molar-refractivity contribution in [2.24, 2.45) is 5.73 Å². The number of nitriles is 1. The number of nitrogens with zero attached hydrogens (tertiary/aromatic N) is 1. The second kappa shape index (κ2) is 7.43. The third kappa shape index (κ3) is 4.31. The van der Waals surface area contributed by atoms with E-state index in [1.807, 2.05) is 0 Å². The predicted molar refractivity (Wildman–Crippen MR) is 92.9 cm³/mol. The molecule has 2 aromatic rings. The van der Waals surface area contributed by atoms with Gasteiger partial charge in [0.05, 0.1) is 6.07 Å². The van der Waals surface area contributed by atoms with Crippen LogP contribution < -0.4 is 5.73 Å². The monoisotopic (exact) mass is 396 g/mol. The van der Waals surface area contributed by atoms with Crippen LogP contribution in [0.3, 0.4) is 0 Å². The third-order valence-electron chi connectivity index (χ3n) is 3.52. The first kappa shape index (κ1) is 17.9. The van der Waals surface area contributed by atoms with Crippen molar-refractivity contribution in [1.82, 2.24) is 0 Å². The molecule has 0 aromatic heterocycles. The zero-order valence-corrected chi connectivity index (χ0v) is 14.8. The van der Waals surface area contributed by atoms with Crippen LogP contribution in [0.5, 0.6) is 0 Å². The van der Waals surface area contributed by atoms with Gasteiger partial charge in [0.2, 0.25) is 0 Å². The molecule has 120 valence electrons. The minimum atomic E-state index is -0.881. The number of rotatable bonds is 5. The van der Waals surface area contributed by atoms with Crippen molar-refractivity contribution < 1.29 is 8.78 Å². The van der Waals surface area contributed by atoms with Crippen molar-refractivity contribution >= 4 is 27.7 Å². The standard InChI is InChI=1S/C17H15BrF2N2S/c1-17(10-21,11-2-5-13(19)6-3-11)23-9-16(22)14-8-12(18)4-7-15(14)20/h2-8,16H,9,22H2,1H3. The Bertz CT molecular complexity index is 730. The van der Waals surface area contributed by atoms with Crippen LogP contribution in [-0.2, 0) is 4.75 Å². The number of benzene rings is 2. The van der Waals surface area contributed by atoms with Crippen molar-refractivity contribution in [1.29, 1.82) is 5.26 Å². The maximum atomic E-state index is 13.9. The van der Waals surface area contributed by atoms with Crippen LogP contribution in [-0.4, -0.2) is 5.75 Å². The van der Waals surface area contributed by atoms with E-state index in [-0.39, 0.29) is 11.6 Å². The molecule has 0 fully saturated rings. The van der Waals surface area contributed by atoms with E-state index in [0.29, 0.717) is 16.9 Å². The molecule has 0 aliphatic carbocycles. The van der Waals surface area contributed by atoms with Crippen molar-refractivity contribution in [3.8, 4) is 6.07 Å². The first-order valence-electron chi connectivity index (χ1n) is 6.87. The molecule has 0 bridgehead atoms. The summed E-state index contributed by atoms with van der Waals surface area (Å²) in [4.78, 5) is 0. The summed E-state index contributed by atoms with van der Waals surface area (Å²) in [6, 6.07) is 12.1. The van der Waals surface area contributed by atoms with Crippen molar-refractivity contribution in [2.75, 3.05) is 5.75 Å². The van der Waals surface area contributed by atoms with Gasteiger partial charge in [0.15, 0.2) is 0 Å². The molecule has 2 aromatic carbocycles. The van der Waals surface area contributed by atoms with E-state index in [4.69, 9.17) is 5.73 Å². The summed E-state index contributed by atoms with van der Waals surface area (Å²) in [5, 5.41) is 9.50. The maximum absolute atomic E-state index is 13.9. The molecule has 0 spiro atoms. The molecule has 2 nitrogen and oxygen atoms in total. The van der Waals surface area contributed by atoms with Crippen molar-refractivity contribution in [3.05, 3.63) is 69.7 Å². The van der Waals surface area contributed by atoms with Gasteiger partial charge in [-0.2, -0.15) is 5.26 Å².